The molecule has 1 amide bonds. The molecule has 2 heterocycles. The summed E-state index contributed by atoms with van der Waals surface area (Å²) in [5.74, 6) is 0.130. The third-order valence-corrected chi connectivity index (χ3v) is 5.35. The fraction of sp³-hybridized carbons (Fsp3) is 0.667. The summed E-state index contributed by atoms with van der Waals surface area (Å²) in [6.07, 6.45) is 8.61. The van der Waals surface area contributed by atoms with E-state index in [2.05, 4.69) is 16.7 Å². The van der Waals surface area contributed by atoms with E-state index in [-0.39, 0.29) is 5.91 Å². The van der Waals surface area contributed by atoms with Crippen LogP contribution in [0.4, 0.5) is 0 Å². The van der Waals surface area contributed by atoms with Gasteiger partial charge in [0.05, 0.1) is 4.88 Å². The lowest BCUT2D eigenvalue weighted by molar-refractivity contribution is 0.0944. The van der Waals surface area contributed by atoms with Crippen LogP contribution in [-0.4, -0.2) is 25.0 Å². The highest BCUT2D eigenvalue weighted by Crippen LogP contribution is 2.28. The first-order chi connectivity index (χ1) is 9.33. The number of fused-ring (bicyclic) bond motifs is 1. The van der Waals surface area contributed by atoms with Gasteiger partial charge in [0.15, 0.2) is 0 Å². The molecule has 4 heteroatoms. The molecule has 0 bridgehead atoms. The summed E-state index contributed by atoms with van der Waals surface area (Å²) < 4.78 is 0. The molecule has 1 aromatic heterocycles. The summed E-state index contributed by atoms with van der Waals surface area (Å²) in [5.41, 5.74) is 1.43. The van der Waals surface area contributed by atoms with Gasteiger partial charge in [0, 0.05) is 17.5 Å². The quantitative estimate of drug-likeness (QED) is 0.872. The van der Waals surface area contributed by atoms with E-state index < -0.39 is 0 Å². The monoisotopic (exact) mass is 278 g/mol. The van der Waals surface area contributed by atoms with Crippen molar-refractivity contribution in [2.75, 3.05) is 13.1 Å². The third kappa shape index (κ3) is 3.18. The molecule has 1 aliphatic carbocycles. The zero-order valence-corrected chi connectivity index (χ0v) is 12.2. The first-order valence-corrected chi connectivity index (χ1v) is 8.28. The van der Waals surface area contributed by atoms with Crippen molar-refractivity contribution in [2.45, 2.75) is 51.0 Å². The minimum Gasteiger partial charge on any atom is -0.347 e. The van der Waals surface area contributed by atoms with Crippen LogP contribution < -0.4 is 10.6 Å². The van der Waals surface area contributed by atoms with E-state index in [1.807, 2.05) is 0 Å². The number of thiophene rings is 1. The maximum Gasteiger partial charge on any atom is 0.261 e. The number of carbonyl (C=O) groups excluding carboxylic acids is 1. The van der Waals surface area contributed by atoms with Crippen molar-refractivity contribution >= 4 is 17.2 Å². The first kappa shape index (κ1) is 13.1. The highest BCUT2D eigenvalue weighted by atomic mass is 32.1. The number of hydrogen-bond acceptors (Lipinski definition) is 3. The Morgan fingerprint density at radius 3 is 2.89 bits per heavy atom. The predicted octanol–water partition coefficient (Wildman–Crippen LogP) is 2.50. The van der Waals surface area contributed by atoms with Gasteiger partial charge in [-0.2, -0.15) is 0 Å². The number of amides is 1. The lowest BCUT2D eigenvalue weighted by Gasteiger charge is -2.09. The van der Waals surface area contributed by atoms with Gasteiger partial charge in [-0.3, -0.25) is 4.79 Å². The van der Waals surface area contributed by atoms with Crippen LogP contribution in [0.3, 0.4) is 0 Å². The minimum absolute atomic E-state index is 0.130. The van der Waals surface area contributed by atoms with Gasteiger partial charge in [-0.05, 0) is 50.3 Å². The van der Waals surface area contributed by atoms with Gasteiger partial charge in [-0.25, -0.2) is 0 Å². The van der Waals surface area contributed by atoms with E-state index in [1.165, 1.54) is 36.1 Å². The van der Waals surface area contributed by atoms with Crippen LogP contribution in [0.1, 0.15) is 52.2 Å². The fourth-order valence-corrected chi connectivity index (χ4v) is 4.15. The van der Waals surface area contributed by atoms with Crippen LogP contribution in [0, 0.1) is 0 Å². The molecule has 1 unspecified atom stereocenters. The smallest absolute Gasteiger partial charge is 0.261 e. The van der Waals surface area contributed by atoms with Crippen molar-refractivity contribution in [2.24, 2.45) is 0 Å². The molecule has 3 nitrogen and oxygen atoms in total. The second-order valence-electron chi connectivity index (χ2n) is 5.64. The van der Waals surface area contributed by atoms with Crippen molar-refractivity contribution in [3.8, 4) is 0 Å². The minimum atomic E-state index is 0.130. The lowest BCUT2D eigenvalue weighted by atomic mass is 10.00. The van der Waals surface area contributed by atoms with Gasteiger partial charge in [-0.1, -0.05) is 12.8 Å². The Morgan fingerprint density at radius 1 is 1.26 bits per heavy atom. The van der Waals surface area contributed by atoms with Crippen molar-refractivity contribution in [1.29, 1.82) is 0 Å². The van der Waals surface area contributed by atoms with Crippen LogP contribution in [0.2, 0.25) is 0 Å². The number of nitrogens with one attached hydrogen (secondary N) is 2. The Hall–Kier alpha value is -0.870. The number of hydrogen-bond donors (Lipinski definition) is 2. The summed E-state index contributed by atoms with van der Waals surface area (Å²) >= 11 is 1.72. The van der Waals surface area contributed by atoms with Crippen LogP contribution >= 0.6 is 11.3 Å². The normalized spacial score (nSPS) is 23.5. The van der Waals surface area contributed by atoms with Crippen LogP contribution in [0.25, 0.3) is 0 Å². The van der Waals surface area contributed by atoms with E-state index in [9.17, 15) is 4.79 Å². The van der Waals surface area contributed by atoms with Crippen molar-refractivity contribution in [3.63, 3.8) is 0 Å². The summed E-state index contributed by atoms with van der Waals surface area (Å²) in [4.78, 5) is 14.6. The van der Waals surface area contributed by atoms with E-state index in [0.29, 0.717) is 6.04 Å². The van der Waals surface area contributed by atoms with Gasteiger partial charge in [0.2, 0.25) is 0 Å². The summed E-state index contributed by atoms with van der Waals surface area (Å²) in [6, 6.07) is 2.46. The van der Waals surface area contributed by atoms with E-state index in [4.69, 9.17) is 0 Å². The van der Waals surface area contributed by atoms with Gasteiger partial charge in [0.25, 0.3) is 5.91 Å². The van der Waals surface area contributed by atoms with Crippen LogP contribution in [0.15, 0.2) is 6.07 Å². The molecular formula is C15H22N2OS. The third-order valence-electron chi connectivity index (χ3n) is 4.12. The second kappa shape index (κ2) is 6.06. The average Bonchev–Trinajstić information content (AvgIpc) is 2.99. The zero-order valence-electron chi connectivity index (χ0n) is 11.3. The molecule has 0 radical (unpaired) electrons. The second-order valence-corrected chi connectivity index (χ2v) is 6.77. The number of rotatable bonds is 2. The summed E-state index contributed by atoms with van der Waals surface area (Å²) in [6.45, 7) is 1.93. The van der Waals surface area contributed by atoms with E-state index in [0.717, 1.165) is 37.2 Å². The van der Waals surface area contributed by atoms with E-state index in [1.54, 1.807) is 11.3 Å². The molecule has 2 aliphatic rings. The molecule has 1 fully saturated rings. The molecule has 1 saturated heterocycles. The maximum absolute atomic E-state index is 12.3. The Labute approximate surface area is 118 Å². The summed E-state index contributed by atoms with van der Waals surface area (Å²) in [5, 5.41) is 6.43. The molecular weight excluding hydrogens is 256 g/mol. The Kier molecular flexibility index (Phi) is 4.18. The van der Waals surface area contributed by atoms with Gasteiger partial charge in [0.1, 0.15) is 0 Å². The van der Waals surface area contributed by atoms with Crippen LogP contribution in [0.5, 0.6) is 0 Å². The molecule has 3 rings (SSSR count). The Balaban J connectivity index is 1.69. The SMILES string of the molecule is O=C(NC1CCNC1)c1cc2c(s1)CCCCCC2. The molecule has 2 N–H and O–H groups in total. The summed E-state index contributed by atoms with van der Waals surface area (Å²) in [7, 11) is 0. The highest BCUT2D eigenvalue weighted by Gasteiger charge is 2.20. The Morgan fingerprint density at radius 2 is 2.11 bits per heavy atom. The zero-order chi connectivity index (χ0) is 13.1. The van der Waals surface area contributed by atoms with E-state index >= 15 is 0 Å². The number of carbonyl (C=O) groups is 1. The maximum atomic E-state index is 12.3. The highest BCUT2D eigenvalue weighted by molar-refractivity contribution is 7.14. The van der Waals surface area contributed by atoms with Crippen molar-refractivity contribution in [3.05, 3.63) is 21.4 Å². The van der Waals surface area contributed by atoms with Gasteiger partial charge >= 0.3 is 0 Å². The lowest BCUT2D eigenvalue weighted by Crippen LogP contribution is -2.35. The molecule has 104 valence electrons. The Bertz CT molecular complexity index is 423. The average molecular weight is 278 g/mol. The standard InChI is InChI=1S/C15H22N2OS/c18-15(17-12-7-8-16-10-12)14-9-11-5-3-1-2-4-6-13(11)19-14/h9,12,16H,1-8,10H2,(H,17,18). The molecule has 19 heavy (non-hydrogen) atoms. The molecule has 0 aromatic carbocycles. The van der Waals surface area contributed by atoms with Crippen LogP contribution in [-0.2, 0) is 12.8 Å². The topological polar surface area (TPSA) is 41.1 Å². The molecule has 0 saturated carbocycles. The van der Waals surface area contributed by atoms with Gasteiger partial charge < -0.3 is 10.6 Å². The van der Waals surface area contributed by atoms with Crippen molar-refractivity contribution in [1.82, 2.24) is 10.6 Å². The molecule has 0 spiro atoms. The number of aryl methyl sites for hydroxylation is 2. The molecule has 1 atom stereocenters. The fourth-order valence-electron chi connectivity index (χ4n) is 2.99. The largest absolute Gasteiger partial charge is 0.347 e. The van der Waals surface area contributed by atoms with Gasteiger partial charge in [-0.15, -0.1) is 11.3 Å². The van der Waals surface area contributed by atoms with Crippen molar-refractivity contribution < 1.29 is 4.79 Å². The predicted molar refractivity (Wildman–Crippen MR) is 78.9 cm³/mol. The molecule has 1 aliphatic heterocycles. The molecule has 1 aromatic rings. The first-order valence-electron chi connectivity index (χ1n) is 7.46.